The van der Waals surface area contributed by atoms with Gasteiger partial charge in [0.25, 0.3) is 11.8 Å². The molecule has 3 rings (SSSR count). The summed E-state index contributed by atoms with van der Waals surface area (Å²) >= 11 is 0. The quantitative estimate of drug-likeness (QED) is 0.659. The largest absolute Gasteiger partial charge is 0.478 e. The van der Waals surface area contributed by atoms with Crippen molar-refractivity contribution < 1.29 is 18.5 Å². The van der Waals surface area contributed by atoms with Gasteiger partial charge in [0.2, 0.25) is 5.88 Å². The Kier molecular flexibility index (Phi) is 7.36. The van der Waals surface area contributed by atoms with E-state index in [1.807, 2.05) is 6.92 Å². The van der Waals surface area contributed by atoms with Crippen LogP contribution in [-0.2, 0) is 20.9 Å². The molecule has 2 aromatic heterocycles. The Morgan fingerprint density at radius 3 is 2.90 bits per heavy atom. The van der Waals surface area contributed by atoms with Gasteiger partial charge in [0.15, 0.2) is 0 Å². The van der Waals surface area contributed by atoms with E-state index in [0.717, 1.165) is 0 Å². The predicted molar refractivity (Wildman–Crippen MR) is 117 cm³/mol. The molecule has 31 heavy (non-hydrogen) atoms. The zero-order chi connectivity index (χ0) is 22.3. The number of carbonyl (C=O) groups is 2. The molecule has 0 aliphatic carbocycles. The van der Waals surface area contributed by atoms with Crippen LogP contribution < -0.4 is 4.74 Å². The zero-order valence-corrected chi connectivity index (χ0v) is 18.1. The van der Waals surface area contributed by atoms with Crippen molar-refractivity contribution in [1.29, 1.82) is 0 Å². The second-order valence-electron chi connectivity index (χ2n) is 7.00. The molecule has 0 spiro atoms. The Morgan fingerprint density at radius 1 is 1.29 bits per heavy atom. The highest BCUT2D eigenvalue weighted by Gasteiger charge is 2.24. The van der Waals surface area contributed by atoms with Gasteiger partial charge in [0.05, 0.1) is 34.0 Å². The number of hydrogen-bond acceptors (Lipinski definition) is 6. The summed E-state index contributed by atoms with van der Waals surface area (Å²) in [7, 11) is -2.75. The molecule has 9 heteroatoms. The van der Waals surface area contributed by atoms with Crippen molar-refractivity contribution >= 4 is 21.5 Å². The maximum atomic E-state index is 13.2. The van der Waals surface area contributed by atoms with Crippen LogP contribution in [0.3, 0.4) is 0 Å². The molecule has 2 amide bonds. The summed E-state index contributed by atoms with van der Waals surface area (Å²) in [4.78, 5) is 35.1. The first kappa shape index (κ1) is 22.4. The van der Waals surface area contributed by atoms with Crippen molar-refractivity contribution in [3.8, 4) is 18.2 Å². The van der Waals surface area contributed by atoms with Crippen LogP contribution in [0.4, 0.5) is 0 Å². The zero-order valence-electron chi connectivity index (χ0n) is 17.3. The van der Waals surface area contributed by atoms with E-state index in [9.17, 15) is 13.8 Å². The van der Waals surface area contributed by atoms with E-state index in [1.165, 1.54) is 12.4 Å². The molecule has 0 radical (unpaired) electrons. The van der Waals surface area contributed by atoms with Gasteiger partial charge in [-0.25, -0.2) is 9.19 Å². The summed E-state index contributed by atoms with van der Waals surface area (Å²) in [5.74, 6) is 2.58. The van der Waals surface area contributed by atoms with Gasteiger partial charge in [0, 0.05) is 48.6 Å². The van der Waals surface area contributed by atoms with Crippen LogP contribution in [0.1, 0.15) is 35.0 Å². The fourth-order valence-electron chi connectivity index (χ4n) is 3.22. The molecular weight excluding hydrogens is 416 g/mol. The van der Waals surface area contributed by atoms with Gasteiger partial charge in [-0.2, -0.15) is 4.36 Å². The minimum atomic E-state index is -2.75. The van der Waals surface area contributed by atoms with E-state index in [2.05, 4.69) is 20.3 Å². The van der Waals surface area contributed by atoms with E-state index in [-0.39, 0.29) is 30.4 Å². The van der Waals surface area contributed by atoms with E-state index in [1.54, 1.807) is 29.2 Å². The Labute approximate surface area is 182 Å². The normalized spacial score (nSPS) is 18.5. The minimum Gasteiger partial charge on any atom is -0.478 e. The fraction of sp³-hybridized carbons (Fsp3) is 0.364. The Hall–Kier alpha value is -3.25. The lowest BCUT2D eigenvalue weighted by Gasteiger charge is -2.19. The van der Waals surface area contributed by atoms with Crippen LogP contribution in [0.5, 0.6) is 5.88 Å². The average Bonchev–Trinajstić information content (AvgIpc) is 2.95. The highest BCUT2D eigenvalue weighted by Crippen LogP contribution is 2.14. The van der Waals surface area contributed by atoms with Crippen LogP contribution in [-0.4, -0.2) is 62.1 Å². The van der Waals surface area contributed by atoms with E-state index in [4.69, 9.17) is 11.2 Å². The van der Waals surface area contributed by atoms with Crippen LogP contribution >= 0.6 is 0 Å². The van der Waals surface area contributed by atoms with Gasteiger partial charge < -0.3 is 9.64 Å². The molecule has 1 saturated heterocycles. The van der Waals surface area contributed by atoms with E-state index < -0.39 is 15.6 Å². The second kappa shape index (κ2) is 10.2. The lowest BCUT2D eigenvalue weighted by Crippen LogP contribution is -2.33. The highest BCUT2D eigenvalue weighted by atomic mass is 32.2. The summed E-state index contributed by atoms with van der Waals surface area (Å²) in [6.45, 7) is 2.99. The molecule has 0 N–H and O–H groups in total. The maximum Gasteiger partial charge on any atom is 0.259 e. The van der Waals surface area contributed by atoms with Gasteiger partial charge >= 0.3 is 0 Å². The standard InChI is InChI=1S/C22H24N4O4S/c1-3-17-13-18(16-23-15-17)22(28)26-9-6-11-31(29,12-10-26)25-20(27)14-19-7-5-8-21(24-19)30-4-2/h1,5,7-8,13,15-16H,4,6,9-12,14H2,2H3. The number of aromatic nitrogens is 2. The third kappa shape index (κ3) is 6.12. The molecule has 8 nitrogen and oxygen atoms in total. The number of hydrogen-bond donors (Lipinski definition) is 0. The number of ether oxygens (including phenoxy) is 1. The minimum absolute atomic E-state index is 0.0505. The van der Waals surface area contributed by atoms with Gasteiger partial charge in [-0.1, -0.05) is 12.0 Å². The lowest BCUT2D eigenvalue weighted by molar-refractivity contribution is -0.117. The summed E-state index contributed by atoms with van der Waals surface area (Å²) in [6.07, 6.45) is 8.78. The number of nitrogens with zero attached hydrogens (tertiary/aromatic N) is 4. The summed E-state index contributed by atoms with van der Waals surface area (Å²) < 4.78 is 22.6. The smallest absolute Gasteiger partial charge is 0.259 e. The third-order valence-corrected chi connectivity index (χ3v) is 6.97. The number of carbonyl (C=O) groups excluding carboxylic acids is 2. The van der Waals surface area contributed by atoms with Crippen molar-refractivity contribution in [3.63, 3.8) is 0 Å². The predicted octanol–water partition coefficient (Wildman–Crippen LogP) is 1.94. The van der Waals surface area contributed by atoms with E-state index in [0.29, 0.717) is 42.3 Å². The topological polar surface area (TPSA) is 102 Å². The van der Waals surface area contributed by atoms with Crippen LogP contribution in [0.15, 0.2) is 41.0 Å². The van der Waals surface area contributed by atoms with Crippen molar-refractivity contribution in [1.82, 2.24) is 14.9 Å². The molecule has 1 aliphatic heterocycles. The van der Waals surface area contributed by atoms with Crippen LogP contribution in [0.2, 0.25) is 0 Å². The van der Waals surface area contributed by atoms with Gasteiger partial charge in [-0.15, -0.1) is 6.42 Å². The first-order chi connectivity index (χ1) is 14.9. The van der Waals surface area contributed by atoms with Crippen molar-refractivity contribution in [2.45, 2.75) is 19.8 Å². The molecule has 0 bridgehead atoms. The number of pyridine rings is 2. The average molecular weight is 441 g/mol. The lowest BCUT2D eigenvalue weighted by atomic mass is 10.2. The SMILES string of the molecule is C#Cc1cncc(C(=O)N2CCCS(=O)(=NC(=O)Cc3cccc(OCC)n3)CC2)c1. The maximum absolute atomic E-state index is 13.2. The molecule has 0 aromatic carbocycles. The molecular formula is C22H24N4O4S. The molecule has 0 saturated carbocycles. The molecule has 162 valence electrons. The Balaban J connectivity index is 1.68. The number of rotatable bonds is 5. The molecule has 1 atom stereocenters. The Morgan fingerprint density at radius 2 is 2.13 bits per heavy atom. The second-order valence-corrected chi connectivity index (χ2v) is 9.54. The third-order valence-electron chi connectivity index (χ3n) is 4.68. The number of terminal acetylenes is 1. The molecule has 1 unspecified atom stereocenters. The first-order valence-electron chi connectivity index (χ1n) is 9.97. The van der Waals surface area contributed by atoms with E-state index >= 15 is 0 Å². The summed E-state index contributed by atoms with van der Waals surface area (Å²) in [5, 5.41) is 0. The highest BCUT2D eigenvalue weighted by molar-refractivity contribution is 7.93. The molecule has 1 aliphatic rings. The first-order valence-corrected chi connectivity index (χ1v) is 11.8. The molecule has 3 heterocycles. The number of amides is 2. The summed E-state index contributed by atoms with van der Waals surface area (Å²) in [6, 6.07) is 6.77. The molecule has 2 aromatic rings. The van der Waals surface area contributed by atoms with Crippen molar-refractivity contribution in [2.75, 3.05) is 31.2 Å². The fourth-order valence-corrected chi connectivity index (χ4v) is 5.13. The van der Waals surface area contributed by atoms with Crippen molar-refractivity contribution in [2.24, 2.45) is 4.36 Å². The summed E-state index contributed by atoms with van der Waals surface area (Å²) in [5.41, 5.74) is 1.42. The van der Waals surface area contributed by atoms with Gasteiger partial charge in [-0.05, 0) is 25.5 Å². The van der Waals surface area contributed by atoms with Crippen LogP contribution in [0, 0.1) is 12.3 Å². The van der Waals surface area contributed by atoms with Gasteiger partial charge in [-0.3, -0.25) is 14.6 Å². The van der Waals surface area contributed by atoms with Crippen molar-refractivity contribution in [3.05, 3.63) is 53.5 Å². The monoisotopic (exact) mass is 440 g/mol. The van der Waals surface area contributed by atoms with Crippen LogP contribution in [0.25, 0.3) is 0 Å². The van der Waals surface area contributed by atoms with Gasteiger partial charge in [0.1, 0.15) is 0 Å². The molecule has 1 fully saturated rings. The Bertz CT molecular complexity index is 1130.